The van der Waals surface area contributed by atoms with E-state index in [4.69, 9.17) is 21.7 Å². The van der Waals surface area contributed by atoms with Crippen molar-refractivity contribution in [2.75, 3.05) is 13.3 Å². The SMILES string of the molecule is O=C(NC(=S)N1CCCC[C@H]1c1cccnc1)c1ccc2c(c1)OCO2. The number of benzene rings is 1. The Morgan fingerprint density at radius 2 is 2.12 bits per heavy atom. The van der Waals surface area contributed by atoms with Crippen molar-refractivity contribution in [3.63, 3.8) is 0 Å². The fourth-order valence-electron chi connectivity index (χ4n) is 3.37. The molecule has 1 atom stereocenters. The highest BCUT2D eigenvalue weighted by Crippen LogP contribution is 2.33. The molecular weight excluding hydrogens is 350 g/mol. The number of hydrogen-bond donors (Lipinski definition) is 1. The molecule has 0 bridgehead atoms. The Hall–Kier alpha value is -2.67. The highest BCUT2D eigenvalue weighted by Gasteiger charge is 2.27. The summed E-state index contributed by atoms with van der Waals surface area (Å²) in [6.45, 7) is 0.999. The molecule has 7 heteroatoms. The molecule has 1 amide bonds. The summed E-state index contributed by atoms with van der Waals surface area (Å²) in [5.74, 6) is 0.982. The highest BCUT2D eigenvalue weighted by molar-refractivity contribution is 7.80. The van der Waals surface area contributed by atoms with Crippen molar-refractivity contribution in [1.82, 2.24) is 15.2 Å². The minimum Gasteiger partial charge on any atom is -0.454 e. The van der Waals surface area contributed by atoms with Crippen LogP contribution in [-0.4, -0.2) is 34.2 Å². The number of piperidine rings is 1. The van der Waals surface area contributed by atoms with Gasteiger partial charge >= 0.3 is 0 Å². The molecule has 0 unspecified atom stereocenters. The van der Waals surface area contributed by atoms with E-state index in [1.807, 2.05) is 12.3 Å². The van der Waals surface area contributed by atoms with Gasteiger partial charge in [0.05, 0.1) is 6.04 Å². The van der Waals surface area contributed by atoms with Crippen molar-refractivity contribution in [2.24, 2.45) is 0 Å². The molecule has 0 radical (unpaired) electrons. The summed E-state index contributed by atoms with van der Waals surface area (Å²) in [5.41, 5.74) is 1.61. The van der Waals surface area contributed by atoms with E-state index in [0.29, 0.717) is 22.2 Å². The number of ether oxygens (including phenoxy) is 2. The predicted molar refractivity (Wildman–Crippen MR) is 100 cm³/mol. The van der Waals surface area contributed by atoms with E-state index in [1.165, 1.54) is 0 Å². The zero-order valence-corrected chi connectivity index (χ0v) is 15.0. The molecule has 1 saturated heterocycles. The number of fused-ring (bicyclic) bond motifs is 1. The van der Waals surface area contributed by atoms with Gasteiger partial charge in [0.2, 0.25) is 6.79 Å². The number of amides is 1. The van der Waals surface area contributed by atoms with Gasteiger partial charge in [-0.15, -0.1) is 0 Å². The van der Waals surface area contributed by atoms with Crippen LogP contribution in [0.1, 0.15) is 41.2 Å². The smallest absolute Gasteiger partial charge is 0.257 e. The van der Waals surface area contributed by atoms with Gasteiger partial charge in [-0.25, -0.2) is 0 Å². The quantitative estimate of drug-likeness (QED) is 0.821. The maximum Gasteiger partial charge on any atom is 0.257 e. The van der Waals surface area contributed by atoms with Crippen molar-refractivity contribution >= 4 is 23.2 Å². The van der Waals surface area contributed by atoms with Crippen molar-refractivity contribution < 1.29 is 14.3 Å². The summed E-state index contributed by atoms with van der Waals surface area (Å²) in [5, 5.41) is 3.30. The maximum absolute atomic E-state index is 12.6. The average Bonchev–Trinajstić information content (AvgIpc) is 3.16. The van der Waals surface area contributed by atoms with Crippen LogP contribution in [0.3, 0.4) is 0 Å². The molecule has 4 rings (SSSR count). The van der Waals surface area contributed by atoms with Crippen LogP contribution in [0.15, 0.2) is 42.7 Å². The molecule has 1 N–H and O–H groups in total. The van der Waals surface area contributed by atoms with Gasteiger partial charge in [0, 0.05) is 24.5 Å². The van der Waals surface area contributed by atoms with E-state index < -0.39 is 0 Å². The van der Waals surface area contributed by atoms with Crippen LogP contribution in [-0.2, 0) is 0 Å². The zero-order valence-electron chi connectivity index (χ0n) is 14.2. The Balaban J connectivity index is 1.48. The Kier molecular flexibility index (Phi) is 4.71. The number of carbonyl (C=O) groups is 1. The van der Waals surface area contributed by atoms with Gasteiger partial charge in [0.15, 0.2) is 16.6 Å². The molecule has 0 saturated carbocycles. The van der Waals surface area contributed by atoms with Crippen molar-refractivity contribution in [2.45, 2.75) is 25.3 Å². The lowest BCUT2D eigenvalue weighted by atomic mass is 9.97. The summed E-state index contributed by atoms with van der Waals surface area (Å²) in [6, 6.07) is 9.24. The zero-order chi connectivity index (χ0) is 17.9. The number of aromatic nitrogens is 1. The summed E-state index contributed by atoms with van der Waals surface area (Å²) < 4.78 is 10.6. The van der Waals surface area contributed by atoms with Gasteiger partial charge in [-0.3, -0.25) is 15.1 Å². The van der Waals surface area contributed by atoms with Crippen LogP contribution >= 0.6 is 12.2 Å². The first-order valence-electron chi connectivity index (χ1n) is 8.64. The van der Waals surface area contributed by atoms with Crippen LogP contribution < -0.4 is 14.8 Å². The fourth-order valence-corrected chi connectivity index (χ4v) is 3.68. The number of likely N-dealkylation sites (tertiary alicyclic amines) is 1. The predicted octanol–water partition coefficient (Wildman–Crippen LogP) is 3.05. The Morgan fingerprint density at radius 3 is 2.96 bits per heavy atom. The highest BCUT2D eigenvalue weighted by atomic mass is 32.1. The number of hydrogen-bond acceptors (Lipinski definition) is 5. The van der Waals surface area contributed by atoms with Crippen LogP contribution in [0.5, 0.6) is 11.5 Å². The number of nitrogens with zero attached hydrogens (tertiary/aromatic N) is 2. The molecule has 0 spiro atoms. The first-order chi connectivity index (χ1) is 12.7. The number of pyridine rings is 1. The lowest BCUT2D eigenvalue weighted by Crippen LogP contribution is -2.46. The molecular formula is C19H19N3O3S. The largest absolute Gasteiger partial charge is 0.454 e. The number of thiocarbonyl (C=S) groups is 1. The van der Waals surface area contributed by atoms with Gasteiger partial charge in [-0.05, 0) is 61.3 Å². The van der Waals surface area contributed by atoms with Crippen molar-refractivity contribution in [3.8, 4) is 11.5 Å². The van der Waals surface area contributed by atoms with E-state index >= 15 is 0 Å². The second-order valence-corrected chi connectivity index (χ2v) is 6.71. The molecule has 2 aliphatic heterocycles. The third-order valence-corrected chi connectivity index (χ3v) is 5.02. The first-order valence-corrected chi connectivity index (χ1v) is 9.05. The number of rotatable bonds is 2. The lowest BCUT2D eigenvalue weighted by molar-refractivity contribution is 0.0969. The molecule has 2 aromatic rings. The molecule has 134 valence electrons. The summed E-state index contributed by atoms with van der Waals surface area (Å²) in [6.07, 6.45) is 6.80. The molecule has 1 aromatic heterocycles. The van der Waals surface area contributed by atoms with Gasteiger partial charge in [0.1, 0.15) is 0 Å². The van der Waals surface area contributed by atoms with Crippen molar-refractivity contribution in [3.05, 3.63) is 53.9 Å². The molecule has 2 aliphatic rings. The third kappa shape index (κ3) is 3.35. The van der Waals surface area contributed by atoms with Gasteiger partial charge in [0.25, 0.3) is 5.91 Å². The van der Waals surface area contributed by atoms with E-state index in [1.54, 1.807) is 24.4 Å². The fraction of sp³-hybridized carbons (Fsp3) is 0.316. The molecule has 3 heterocycles. The normalized spacial score (nSPS) is 18.5. The van der Waals surface area contributed by atoms with Crippen LogP contribution in [0, 0.1) is 0 Å². The Morgan fingerprint density at radius 1 is 1.23 bits per heavy atom. The average molecular weight is 369 g/mol. The van der Waals surface area contributed by atoms with Crippen LogP contribution in [0.2, 0.25) is 0 Å². The van der Waals surface area contributed by atoms with E-state index in [9.17, 15) is 4.79 Å². The number of carbonyl (C=O) groups excluding carboxylic acids is 1. The summed E-state index contributed by atoms with van der Waals surface area (Å²) in [7, 11) is 0. The molecule has 1 aromatic carbocycles. The van der Waals surface area contributed by atoms with Gasteiger partial charge in [-0.2, -0.15) is 0 Å². The standard InChI is InChI=1S/C19H19N3O3S/c23-18(13-6-7-16-17(10-13)25-12-24-16)21-19(26)22-9-2-1-5-15(22)14-4-3-8-20-11-14/h3-4,6-8,10-11,15H,1-2,5,9,12H2,(H,21,23,26)/t15-/m0/s1. The lowest BCUT2D eigenvalue weighted by Gasteiger charge is -2.37. The van der Waals surface area contributed by atoms with Crippen LogP contribution in [0.25, 0.3) is 0 Å². The second-order valence-electron chi connectivity index (χ2n) is 6.32. The molecule has 6 nitrogen and oxygen atoms in total. The number of nitrogens with one attached hydrogen (secondary N) is 1. The summed E-state index contributed by atoms with van der Waals surface area (Å²) in [4.78, 5) is 18.9. The van der Waals surface area contributed by atoms with E-state index in [-0.39, 0.29) is 18.7 Å². The van der Waals surface area contributed by atoms with Crippen molar-refractivity contribution in [1.29, 1.82) is 0 Å². The van der Waals surface area contributed by atoms with Gasteiger partial charge in [-0.1, -0.05) is 6.07 Å². The monoisotopic (exact) mass is 369 g/mol. The molecule has 26 heavy (non-hydrogen) atoms. The maximum atomic E-state index is 12.6. The second kappa shape index (κ2) is 7.29. The molecule has 0 aliphatic carbocycles. The van der Waals surface area contributed by atoms with Crippen LogP contribution in [0.4, 0.5) is 0 Å². The van der Waals surface area contributed by atoms with Gasteiger partial charge < -0.3 is 14.4 Å². The van der Waals surface area contributed by atoms with E-state index in [0.717, 1.165) is 31.4 Å². The Bertz CT molecular complexity index is 828. The summed E-state index contributed by atoms with van der Waals surface area (Å²) >= 11 is 5.54. The first kappa shape index (κ1) is 16.8. The minimum absolute atomic E-state index is 0.141. The topological polar surface area (TPSA) is 63.7 Å². The molecule has 1 fully saturated rings. The third-order valence-electron chi connectivity index (χ3n) is 4.69. The minimum atomic E-state index is -0.246. The Labute approximate surface area is 157 Å². The van der Waals surface area contributed by atoms with E-state index in [2.05, 4.69) is 21.3 Å².